The van der Waals surface area contributed by atoms with E-state index in [1.54, 1.807) is 30.1 Å². The Labute approximate surface area is 141 Å². The third kappa shape index (κ3) is 3.14. The van der Waals surface area contributed by atoms with Crippen molar-refractivity contribution in [2.45, 2.75) is 30.8 Å². The highest BCUT2D eigenvalue weighted by Crippen LogP contribution is 2.29. The van der Waals surface area contributed by atoms with Crippen LogP contribution in [0.3, 0.4) is 0 Å². The van der Waals surface area contributed by atoms with Gasteiger partial charge in [-0.25, -0.2) is 17.8 Å². The number of sulfonamides is 1. The maximum absolute atomic E-state index is 13.0. The van der Waals surface area contributed by atoms with Gasteiger partial charge in [-0.2, -0.15) is 0 Å². The first-order valence-corrected chi connectivity index (χ1v) is 9.15. The minimum atomic E-state index is -3.73. The number of aromatic nitrogens is 3. The van der Waals surface area contributed by atoms with Crippen molar-refractivity contribution in [3.8, 4) is 5.75 Å². The van der Waals surface area contributed by atoms with Crippen molar-refractivity contribution in [2.75, 3.05) is 20.2 Å². The van der Waals surface area contributed by atoms with Crippen molar-refractivity contribution in [2.24, 2.45) is 0 Å². The van der Waals surface area contributed by atoms with Gasteiger partial charge in [0.05, 0.1) is 25.4 Å². The summed E-state index contributed by atoms with van der Waals surface area (Å²) >= 11 is 0. The van der Waals surface area contributed by atoms with Crippen LogP contribution in [0.4, 0.5) is 0 Å². The number of methoxy groups -OCH3 is 1. The van der Waals surface area contributed by atoms with Gasteiger partial charge in [0.1, 0.15) is 10.6 Å². The van der Waals surface area contributed by atoms with Crippen LogP contribution >= 0.6 is 0 Å². The van der Waals surface area contributed by atoms with Gasteiger partial charge in [0.15, 0.2) is 0 Å². The van der Waals surface area contributed by atoms with Crippen LogP contribution in [0, 0.1) is 13.8 Å². The SMILES string of the molecule is COc1cc(C)cc(C)c1S(=O)(=O)N[C@@H]1CNC[C@@H]1n1ccnn1. The second kappa shape index (κ2) is 6.50. The Hall–Kier alpha value is -1.97. The first-order valence-electron chi connectivity index (χ1n) is 7.66. The molecule has 0 spiro atoms. The third-order valence-corrected chi connectivity index (χ3v) is 5.82. The van der Waals surface area contributed by atoms with Crippen LogP contribution in [-0.4, -0.2) is 49.7 Å². The number of hydrogen-bond acceptors (Lipinski definition) is 6. The maximum atomic E-state index is 13.0. The molecule has 0 amide bonds. The van der Waals surface area contributed by atoms with Gasteiger partial charge in [0, 0.05) is 19.3 Å². The van der Waals surface area contributed by atoms with E-state index in [0.29, 0.717) is 24.4 Å². The lowest BCUT2D eigenvalue weighted by molar-refractivity contribution is 0.397. The molecule has 1 fully saturated rings. The predicted molar refractivity (Wildman–Crippen MR) is 88.5 cm³/mol. The van der Waals surface area contributed by atoms with Crippen molar-refractivity contribution >= 4 is 10.0 Å². The van der Waals surface area contributed by atoms with Crippen LogP contribution in [0.2, 0.25) is 0 Å². The first-order chi connectivity index (χ1) is 11.4. The quantitative estimate of drug-likeness (QED) is 0.809. The number of aryl methyl sites for hydroxylation is 2. The summed E-state index contributed by atoms with van der Waals surface area (Å²) in [5.41, 5.74) is 1.61. The van der Waals surface area contributed by atoms with Crippen LogP contribution in [0.25, 0.3) is 0 Å². The summed E-state index contributed by atoms with van der Waals surface area (Å²) in [6.45, 7) is 4.82. The fourth-order valence-electron chi connectivity index (χ4n) is 3.13. The fraction of sp³-hybridized carbons (Fsp3) is 0.467. The Bertz CT molecular complexity index is 820. The van der Waals surface area contributed by atoms with Crippen LogP contribution in [0.1, 0.15) is 17.2 Å². The van der Waals surface area contributed by atoms with Gasteiger partial charge in [-0.05, 0) is 31.0 Å². The lowest BCUT2D eigenvalue weighted by Crippen LogP contribution is -2.41. The molecule has 24 heavy (non-hydrogen) atoms. The molecule has 2 heterocycles. The van der Waals surface area contributed by atoms with Gasteiger partial charge in [-0.3, -0.25) is 0 Å². The topological polar surface area (TPSA) is 98.1 Å². The predicted octanol–water partition coefficient (Wildman–Crippen LogP) is 0.395. The molecule has 2 atom stereocenters. The second-order valence-electron chi connectivity index (χ2n) is 5.95. The van der Waals surface area contributed by atoms with Gasteiger partial charge < -0.3 is 10.1 Å². The summed E-state index contributed by atoms with van der Waals surface area (Å²) in [6.07, 6.45) is 3.31. The molecule has 130 valence electrons. The van der Waals surface area contributed by atoms with Gasteiger partial charge in [0.25, 0.3) is 0 Å². The van der Waals surface area contributed by atoms with Gasteiger partial charge in [-0.1, -0.05) is 11.3 Å². The van der Waals surface area contributed by atoms with Crippen molar-refractivity contribution in [3.05, 3.63) is 35.7 Å². The van der Waals surface area contributed by atoms with Gasteiger partial charge >= 0.3 is 0 Å². The van der Waals surface area contributed by atoms with E-state index in [4.69, 9.17) is 4.74 Å². The smallest absolute Gasteiger partial charge is 0.244 e. The fourth-order valence-corrected chi connectivity index (χ4v) is 4.77. The number of nitrogens with one attached hydrogen (secondary N) is 2. The van der Waals surface area contributed by atoms with Crippen LogP contribution in [-0.2, 0) is 10.0 Å². The standard InChI is InChI=1S/C15H21N5O3S/c1-10-6-11(2)15(14(7-10)23-3)24(21,22)18-12-8-16-9-13(12)20-5-4-17-19-20/h4-7,12-13,16,18H,8-9H2,1-3H3/t12-,13+/m1/s1. The van der Waals surface area contributed by atoms with E-state index in [1.165, 1.54) is 7.11 Å². The molecule has 1 aromatic heterocycles. The summed E-state index contributed by atoms with van der Waals surface area (Å²) in [5, 5.41) is 11.0. The molecule has 8 nitrogen and oxygen atoms in total. The molecule has 1 aromatic carbocycles. The van der Waals surface area contributed by atoms with E-state index in [2.05, 4.69) is 20.4 Å². The summed E-state index contributed by atoms with van der Waals surface area (Å²) in [4.78, 5) is 0.180. The molecule has 2 N–H and O–H groups in total. The molecule has 1 saturated heterocycles. The van der Waals surface area contributed by atoms with Crippen molar-refractivity contribution < 1.29 is 13.2 Å². The van der Waals surface area contributed by atoms with Crippen LogP contribution < -0.4 is 14.8 Å². The molecule has 0 saturated carbocycles. The highest BCUT2D eigenvalue weighted by molar-refractivity contribution is 7.89. The van der Waals surface area contributed by atoms with Gasteiger partial charge in [-0.15, -0.1) is 5.10 Å². The number of ether oxygens (including phenoxy) is 1. The normalized spacial score (nSPS) is 21.1. The summed E-state index contributed by atoms with van der Waals surface area (Å²) in [6, 6.07) is 3.11. The van der Waals surface area contributed by atoms with Crippen LogP contribution in [0.5, 0.6) is 5.75 Å². The summed E-state index contributed by atoms with van der Waals surface area (Å²) in [7, 11) is -2.26. The first kappa shape index (κ1) is 16.9. The largest absolute Gasteiger partial charge is 0.495 e. The van der Waals surface area contributed by atoms with E-state index in [9.17, 15) is 8.42 Å². The number of hydrogen-bond donors (Lipinski definition) is 2. The van der Waals surface area contributed by atoms with E-state index < -0.39 is 10.0 Å². The zero-order valence-electron chi connectivity index (χ0n) is 13.9. The van der Waals surface area contributed by atoms with Crippen molar-refractivity contribution in [3.63, 3.8) is 0 Å². The lowest BCUT2D eigenvalue weighted by atomic mass is 10.1. The Morgan fingerprint density at radius 1 is 1.33 bits per heavy atom. The number of nitrogens with zero attached hydrogens (tertiary/aromatic N) is 3. The second-order valence-corrected chi connectivity index (χ2v) is 7.60. The van der Waals surface area contributed by atoms with E-state index >= 15 is 0 Å². The molecule has 9 heteroatoms. The maximum Gasteiger partial charge on any atom is 0.244 e. The van der Waals surface area contributed by atoms with Crippen molar-refractivity contribution in [1.82, 2.24) is 25.0 Å². The Kier molecular flexibility index (Phi) is 4.57. The zero-order chi connectivity index (χ0) is 17.3. The Morgan fingerprint density at radius 3 is 2.79 bits per heavy atom. The molecular weight excluding hydrogens is 330 g/mol. The van der Waals surface area contributed by atoms with Crippen LogP contribution in [0.15, 0.2) is 29.4 Å². The monoisotopic (exact) mass is 351 g/mol. The number of rotatable bonds is 5. The minimum absolute atomic E-state index is 0.126. The molecule has 1 aliphatic rings. The Morgan fingerprint density at radius 2 is 2.12 bits per heavy atom. The third-order valence-electron chi connectivity index (χ3n) is 4.14. The molecule has 0 unspecified atom stereocenters. The molecule has 1 aliphatic heterocycles. The molecular formula is C15H21N5O3S. The summed E-state index contributed by atoms with van der Waals surface area (Å²) < 4.78 is 35.7. The molecule has 0 bridgehead atoms. The molecule has 3 rings (SSSR count). The average molecular weight is 351 g/mol. The molecule has 0 radical (unpaired) electrons. The molecule has 2 aromatic rings. The van der Waals surface area contributed by atoms with E-state index in [-0.39, 0.29) is 17.0 Å². The molecule has 0 aliphatic carbocycles. The van der Waals surface area contributed by atoms with Gasteiger partial charge in [0.2, 0.25) is 10.0 Å². The highest BCUT2D eigenvalue weighted by Gasteiger charge is 2.34. The average Bonchev–Trinajstić information content (AvgIpc) is 3.16. The van der Waals surface area contributed by atoms with E-state index in [0.717, 1.165) is 5.56 Å². The summed E-state index contributed by atoms with van der Waals surface area (Å²) in [5.74, 6) is 0.350. The minimum Gasteiger partial charge on any atom is -0.495 e. The Balaban J connectivity index is 1.92. The van der Waals surface area contributed by atoms with Crippen molar-refractivity contribution in [1.29, 1.82) is 0 Å². The zero-order valence-corrected chi connectivity index (χ0v) is 14.7. The number of benzene rings is 1. The lowest BCUT2D eigenvalue weighted by Gasteiger charge is -2.21. The van der Waals surface area contributed by atoms with E-state index in [1.807, 2.05) is 13.0 Å². The highest BCUT2D eigenvalue weighted by atomic mass is 32.2.